The standard InChI is InChI=1S/C9H17NO2/c1-5-6-8(12)10-9(3,4)7(2)11/h5-7,11H,1-4H3,(H,10,12)/b6-5+. The molecule has 0 heterocycles. The Hall–Kier alpha value is -0.830. The Labute approximate surface area is 73.5 Å². The lowest BCUT2D eigenvalue weighted by Crippen LogP contribution is -2.50. The molecule has 0 aromatic heterocycles. The van der Waals surface area contributed by atoms with Gasteiger partial charge in [-0.15, -0.1) is 0 Å². The minimum Gasteiger partial charge on any atom is -0.391 e. The van der Waals surface area contributed by atoms with Crippen LogP contribution in [0.25, 0.3) is 0 Å². The number of aliphatic hydroxyl groups excluding tert-OH is 1. The van der Waals surface area contributed by atoms with Crippen molar-refractivity contribution in [2.45, 2.75) is 39.3 Å². The molecule has 1 unspecified atom stereocenters. The van der Waals surface area contributed by atoms with Crippen LogP contribution in [0.2, 0.25) is 0 Å². The number of carbonyl (C=O) groups excluding carboxylic acids is 1. The maximum Gasteiger partial charge on any atom is 0.244 e. The van der Waals surface area contributed by atoms with Crippen LogP contribution in [0.3, 0.4) is 0 Å². The van der Waals surface area contributed by atoms with Gasteiger partial charge in [0, 0.05) is 0 Å². The quantitative estimate of drug-likeness (QED) is 0.618. The molecule has 0 aromatic rings. The van der Waals surface area contributed by atoms with Gasteiger partial charge in [-0.05, 0) is 33.8 Å². The van der Waals surface area contributed by atoms with E-state index in [0.717, 1.165) is 0 Å². The van der Waals surface area contributed by atoms with Crippen molar-refractivity contribution >= 4 is 5.91 Å². The van der Waals surface area contributed by atoms with Gasteiger partial charge in [0.25, 0.3) is 0 Å². The van der Waals surface area contributed by atoms with Gasteiger partial charge in [-0.25, -0.2) is 0 Å². The average Bonchev–Trinajstić information content (AvgIpc) is 1.85. The zero-order valence-electron chi connectivity index (χ0n) is 8.09. The van der Waals surface area contributed by atoms with Crippen molar-refractivity contribution in [3.63, 3.8) is 0 Å². The zero-order chi connectivity index (χ0) is 9.78. The van der Waals surface area contributed by atoms with Crippen LogP contribution >= 0.6 is 0 Å². The summed E-state index contributed by atoms with van der Waals surface area (Å²) in [5.41, 5.74) is -0.573. The van der Waals surface area contributed by atoms with Gasteiger partial charge in [0.05, 0.1) is 11.6 Å². The number of hydrogen-bond donors (Lipinski definition) is 2. The van der Waals surface area contributed by atoms with E-state index < -0.39 is 11.6 Å². The molecule has 1 amide bonds. The number of rotatable bonds is 3. The number of nitrogens with one attached hydrogen (secondary N) is 1. The molecule has 0 aliphatic carbocycles. The van der Waals surface area contributed by atoms with E-state index in [1.54, 1.807) is 33.8 Å². The van der Waals surface area contributed by atoms with E-state index in [1.807, 2.05) is 0 Å². The molecule has 0 aliphatic heterocycles. The SMILES string of the molecule is C/C=C/C(=O)NC(C)(C)C(C)O. The summed E-state index contributed by atoms with van der Waals surface area (Å²) < 4.78 is 0. The highest BCUT2D eigenvalue weighted by molar-refractivity contribution is 5.87. The molecule has 3 heteroatoms. The Bertz CT molecular complexity index is 183. The van der Waals surface area contributed by atoms with Gasteiger partial charge < -0.3 is 10.4 Å². The van der Waals surface area contributed by atoms with E-state index in [1.165, 1.54) is 6.08 Å². The molecule has 3 nitrogen and oxygen atoms in total. The van der Waals surface area contributed by atoms with Crippen LogP contribution in [-0.4, -0.2) is 22.7 Å². The molecule has 1 atom stereocenters. The first-order valence-corrected chi connectivity index (χ1v) is 4.03. The predicted molar refractivity (Wildman–Crippen MR) is 48.7 cm³/mol. The number of allylic oxidation sites excluding steroid dienone is 1. The van der Waals surface area contributed by atoms with Crippen molar-refractivity contribution in [2.24, 2.45) is 0 Å². The highest BCUT2D eigenvalue weighted by atomic mass is 16.3. The van der Waals surface area contributed by atoms with Gasteiger partial charge in [-0.1, -0.05) is 6.08 Å². The Kier molecular flexibility index (Phi) is 3.96. The third-order valence-corrected chi connectivity index (χ3v) is 1.81. The predicted octanol–water partition coefficient (Wildman–Crippen LogP) is 0.838. The van der Waals surface area contributed by atoms with E-state index in [2.05, 4.69) is 5.32 Å². The van der Waals surface area contributed by atoms with Gasteiger partial charge >= 0.3 is 0 Å². The second-order valence-corrected chi connectivity index (χ2v) is 3.39. The summed E-state index contributed by atoms with van der Waals surface area (Å²) in [6.45, 7) is 6.98. The minimum absolute atomic E-state index is 0.177. The summed E-state index contributed by atoms with van der Waals surface area (Å²) in [6.07, 6.45) is 2.53. The van der Waals surface area contributed by atoms with Crippen molar-refractivity contribution < 1.29 is 9.90 Å². The fourth-order valence-corrected chi connectivity index (χ4v) is 0.615. The highest BCUT2D eigenvalue weighted by Gasteiger charge is 2.24. The molecule has 0 aliphatic rings. The molecular weight excluding hydrogens is 154 g/mol. The molecule has 0 spiro atoms. The van der Waals surface area contributed by atoms with Gasteiger partial charge in [-0.2, -0.15) is 0 Å². The van der Waals surface area contributed by atoms with Gasteiger partial charge in [-0.3, -0.25) is 4.79 Å². The Morgan fingerprint density at radius 2 is 2.08 bits per heavy atom. The van der Waals surface area contributed by atoms with Crippen molar-refractivity contribution in [3.05, 3.63) is 12.2 Å². The molecule has 0 fully saturated rings. The highest BCUT2D eigenvalue weighted by Crippen LogP contribution is 2.07. The molecule has 70 valence electrons. The molecule has 0 saturated carbocycles. The Balaban J connectivity index is 4.15. The van der Waals surface area contributed by atoms with Gasteiger partial charge in [0.2, 0.25) is 5.91 Å². The summed E-state index contributed by atoms with van der Waals surface area (Å²) in [4.78, 5) is 11.1. The van der Waals surface area contributed by atoms with Crippen molar-refractivity contribution in [3.8, 4) is 0 Å². The van der Waals surface area contributed by atoms with Crippen molar-refractivity contribution in [1.29, 1.82) is 0 Å². The summed E-state index contributed by atoms with van der Waals surface area (Å²) >= 11 is 0. The first-order chi connectivity index (χ1) is 5.40. The van der Waals surface area contributed by atoms with E-state index in [-0.39, 0.29) is 5.91 Å². The van der Waals surface area contributed by atoms with Gasteiger partial charge in [0.15, 0.2) is 0 Å². The first kappa shape index (κ1) is 11.2. The third-order valence-electron chi connectivity index (χ3n) is 1.81. The lowest BCUT2D eigenvalue weighted by atomic mass is 9.99. The van der Waals surface area contributed by atoms with E-state index in [9.17, 15) is 9.90 Å². The molecule has 0 aromatic carbocycles. The Morgan fingerprint density at radius 1 is 1.58 bits per heavy atom. The second kappa shape index (κ2) is 4.26. The molecule has 0 bridgehead atoms. The van der Waals surface area contributed by atoms with Crippen LogP contribution < -0.4 is 5.32 Å². The minimum atomic E-state index is -0.573. The van der Waals surface area contributed by atoms with Crippen molar-refractivity contribution in [2.75, 3.05) is 0 Å². The van der Waals surface area contributed by atoms with Crippen LogP contribution in [-0.2, 0) is 4.79 Å². The smallest absolute Gasteiger partial charge is 0.244 e. The molecule has 12 heavy (non-hydrogen) atoms. The largest absolute Gasteiger partial charge is 0.391 e. The normalized spacial score (nSPS) is 14.8. The number of aliphatic hydroxyl groups is 1. The monoisotopic (exact) mass is 171 g/mol. The van der Waals surface area contributed by atoms with Crippen molar-refractivity contribution in [1.82, 2.24) is 5.32 Å². The molecular formula is C9H17NO2. The third kappa shape index (κ3) is 3.53. The Morgan fingerprint density at radius 3 is 2.42 bits per heavy atom. The molecule has 0 rings (SSSR count). The summed E-state index contributed by atoms with van der Waals surface area (Å²) in [5.74, 6) is -0.177. The lowest BCUT2D eigenvalue weighted by molar-refractivity contribution is -0.119. The molecule has 2 N–H and O–H groups in total. The zero-order valence-corrected chi connectivity index (χ0v) is 8.09. The van der Waals surface area contributed by atoms with Crippen LogP contribution in [0, 0.1) is 0 Å². The fourth-order valence-electron chi connectivity index (χ4n) is 0.615. The van der Waals surface area contributed by atoms with E-state index >= 15 is 0 Å². The second-order valence-electron chi connectivity index (χ2n) is 3.39. The first-order valence-electron chi connectivity index (χ1n) is 4.03. The van der Waals surface area contributed by atoms with Crippen LogP contribution in [0.5, 0.6) is 0 Å². The number of carbonyl (C=O) groups is 1. The lowest BCUT2D eigenvalue weighted by Gasteiger charge is -2.28. The molecule has 0 radical (unpaired) electrons. The summed E-state index contributed by atoms with van der Waals surface area (Å²) in [6, 6.07) is 0. The van der Waals surface area contributed by atoms with Crippen LogP contribution in [0.15, 0.2) is 12.2 Å². The fraction of sp³-hybridized carbons (Fsp3) is 0.667. The average molecular weight is 171 g/mol. The molecule has 0 saturated heterocycles. The van der Waals surface area contributed by atoms with E-state index in [0.29, 0.717) is 0 Å². The summed E-state index contributed by atoms with van der Waals surface area (Å²) in [5, 5.41) is 11.9. The van der Waals surface area contributed by atoms with Gasteiger partial charge in [0.1, 0.15) is 0 Å². The number of amides is 1. The number of hydrogen-bond acceptors (Lipinski definition) is 2. The maximum absolute atomic E-state index is 11.1. The van der Waals surface area contributed by atoms with Crippen LogP contribution in [0.4, 0.5) is 0 Å². The van der Waals surface area contributed by atoms with Crippen LogP contribution in [0.1, 0.15) is 27.7 Å². The maximum atomic E-state index is 11.1. The van der Waals surface area contributed by atoms with E-state index in [4.69, 9.17) is 0 Å². The topological polar surface area (TPSA) is 49.3 Å². The summed E-state index contributed by atoms with van der Waals surface area (Å²) in [7, 11) is 0.